The van der Waals surface area contributed by atoms with Gasteiger partial charge in [-0.1, -0.05) is 42.5 Å². The third-order valence-corrected chi connectivity index (χ3v) is 10.2. The van der Waals surface area contributed by atoms with E-state index in [1.807, 2.05) is 6.07 Å². The van der Waals surface area contributed by atoms with Gasteiger partial charge >= 0.3 is 0 Å². The summed E-state index contributed by atoms with van der Waals surface area (Å²) >= 11 is 0. The summed E-state index contributed by atoms with van der Waals surface area (Å²) in [5.74, 6) is -4.53. The molecule has 3 aliphatic heterocycles. The molecule has 1 aromatic heterocycles. The summed E-state index contributed by atoms with van der Waals surface area (Å²) in [7, 11) is 1.41. The van der Waals surface area contributed by atoms with Crippen LogP contribution >= 0.6 is 0 Å². The number of likely N-dealkylation sites (tertiary alicyclic amines) is 2. The predicted octanol–water partition coefficient (Wildman–Crippen LogP) is 4.83. The fraction of sp³-hybridized carbons (Fsp3) is 0.316. The average Bonchev–Trinajstić information content (AvgIpc) is 3.80. The molecule has 14 heteroatoms. The van der Waals surface area contributed by atoms with Crippen LogP contribution in [0, 0.1) is 17.2 Å². The third kappa shape index (κ3) is 6.01. The molecule has 266 valence electrons. The van der Waals surface area contributed by atoms with Crippen LogP contribution in [0.25, 0.3) is 0 Å². The minimum atomic E-state index is -3.29. The van der Waals surface area contributed by atoms with E-state index in [0.717, 1.165) is 0 Å². The van der Waals surface area contributed by atoms with E-state index in [4.69, 9.17) is 4.74 Å². The predicted molar refractivity (Wildman–Crippen MR) is 185 cm³/mol. The molecule has 4 aromatic rings. The fourth-order valence-electron chi connectivity index (χ4n) is 7.41. The standard InChI is InChI=1S/C38H35F2N7O5/c1-23(48)44-16-14-24(15-17-44)36(50)45-21-31-32(22-45)47-34(30(20-42-47)43-35(49)25-8-13-33(52-2)26(18-25)19-41)37(51)46(31)29-11-9-28(10-12-29)38(39,40)27-6-4-3-5-7-27/h3-13,18,20,24,31-32H,14-17,21-22H2,1-2H3,(H,43,49)/t31-,32+/m0/s1. The maximum Gasteiger partial charge on any atom is 0.298 e. The number of halogens is 2. The Morgan fingerprint density at radius 1 is 0.942 bits per heavy atom. The van der Waals surface area contributed by atoms with Crippen LogP contribution in [0.1, 0.15) is 63.3 Å². The van der Waals surface area contributed by atoms with Crippen LogP contribution in [0.2, 0.25) is 0 Å². The molecule has 2 atom stereocenters. The van der Waals surface area contributed by atoms with Crippen LogP contribution < -0.4 is 15.0 Å². The minimum Gasteiger partial charge on any atom is -0.495 e. The number of ether oxygens (including phenoxy) is 1. The zero-order chi connectivity index (χ0) is 36.7. The lowest BCUT2D eigenvalue weighted by Gasteiger charge is -2.37. The SMILES string of the molecule is COc1ccc(C(=O)Nc2cnn3c2C(=O)N(c2ccc(C(F)(F)c4ccccc4)cc2)[C@H]2CN(C(=O)C4CCN(C(C)=O)CC4)C[C@H]23)cc1C#N. The first kappa shape index (κ1) is 34.4. The Bertz CT molecular complexity index is 2090. The summed E-state index contributed by atoms with van der Waals surface area (Å²) in [4.78, 5) is 58.6. The molecule has 3 aliphatic rings. The Hall–Kier alpha value is -6.10. The highest BCUT2D eigenvalue weighted by molar-refractivity contribution is 6.13. The quantitative estimate of drug-likeness (QED) is 0.290. The Kier molecular flexibility index (Phi) is 8.95. The van der Waals surface area contributed by atoms with Gasteiger partial charge in [-0.3, -0.25) is 28.8 Å². The molecule has 2 fully saturated rings. The molecule has 7 rings (SSSR count). The molecule has 0 spiro atoms. The second-order valence-corrected chi connectivity index (χ2v) is 13.2. The topological polar surface area (TPSA) is 141 Å². The van der Waals surface area contributed by atoms with Gasteiger partial charge < -0.3 is 19.9 Å². The van der Waals surface area contributed by atoms with Crippen LogP contribution in [0.15, 0.2) is 79.0 Å². The van der Waals surface area contributed by atoms with Crippen molar-refractivity contribution in [3.63, 3.8) is 0 Å². The number of rotatable bonds is 7. The van der Waals surface area contributed by atoms with Crippen molar-refractivity contribution >= 4 is 35.0 Å². The van der Waals surface area contributed by atoms with Gasteiger partial charge in [-0.25, -0.2) is 0 Å². The first-order chi connectivity index (χ1) is 25.0. The Labute approximate surface area is 298 Å². The summed E-state index contributed by atoms with van der Waals surface area (Å²) in [5, 5.41) is 16.8. The first-order valence-electron chi connectivity index (χ1n) is 16.9. The molecule has 0 unspecified atom stereocenters. The lowest BCUT2D eigenvalue weighted by atomic mass is 9.95. The van der Waals surface area contributed by atoms with Gasteiger partial charge in [-0.2, -0.15) is 19.1 Å². The largest absolute Gasteiger partial charge is 0.495 e. The number of carbonyl (C=O) groups excluding carboxylic acids is 4. The molecule has 0 saturated carbocycles. The Morgan fingerprint density at radius 2 is 1.62 bits per heavy atom. The van der Waals surface area contributed by atoms with Crippen molar-refractivity contribution in [1.82, 2.24) is 19.6 Å². The van der Waals surface area contributed by atoms with E-state index in [9.17, 15) is 24.4 Å². The molecule has 3 aromatic carbocycles. The summed E-state index contributed by atoms with van der Waals surface area (Å²) in [6.07, 6.45) is 2.41. The molecule has 0 bridgehead atoms. The number of nitriles is 1. The van der Waals surface area contributed by atoms with Gasteiger partial charge in [0.1, 0.15) is 11.8 Å². The van der Waals surface area contributed by atoms with Gasteiger partial charge in [0, 0.05) is 61.4 Å². The molecule has 4 amide bonds. The van der Waals surface area contributed by atoms with Gasteiger partial charge in [-0.05, 0) is 43.2 Å². The van der Waals surface area contributed by atoms with Gasteiger partial charge in [0.15, 0.2) is 5.69 Å². The number of hydrogen-bond donors (Lipinski definition) is 1. The van der Waals surface area contributed by atoms with Gasteiger partial charge in [0.25, 0.3) is 17.7 Å². The van der Waals surface area contributed by atoms with E-state index in [0.29, 0.717) is 37.4 Å². The fourth-order valence-corrected chi connectivity index (χ4v) is 7.41. The van der Waals surface area contributed by atoms with E-state index < -0.39 is 29.8 Å². The number of hydrogen-bond acceptors (Lipinski definition) is 7. The summed E-state index contributed by atoms with van der Waals surface area (Å²) in [6, 6.07) is 18.2. The van der Waals surface area contributed by atoms with E-state index in [1.165, 1.54) is 84.4 Å². The Balaban J connectivity index is 1.21. The van der Waals surface area contributed by atoms with Crippen LogP contribution in [0.4, 0.5) is 20.2 Å². The van der Waals surface area contributed by atoms with Crippen molar-refractivity contribution in [3.05, 3.63) is 107 Å². The summed E-state index contributed by atoms with van der Waals surface area (Å²) in [6.45, 7) is 2.86. The van der Waals surface area contributed by atoms with Crippen molar-refractivity contribution in [2.75, 3.05) is 43.5 Å². The van der Waals surface area contributed by atoms with Crippen molar-refractivity contribution in [3.8, 4) is 11.8 Å². The molecule has 4 heterocycles. The van der Waals surface area contributed by atoms with Gasteiger partial charge in [0.05, 0.1) is 36.6 Å². The first-order valence-corrected chi connectivity index (χ1v) is 16.9. The number of methoxy groups -OCH3 is 1. The summed E-state index contributed by atoms with van der Waals surface area (Å²) in [5.41, 5.74) is 0.403. The van der Waals surface area contributed by atoms with Crippen molar-refractivity contribution in [2.45, 2.75) is 37.8 Å². The van der Waals surface area contributed by atoms with E-state index in [2.05, 4.69) is 10.4 Å². The summed E-state index contributed by atoms with van der Waals surface area (Å²) < 4.78 is 37.7. The number of amides is 4. The Morgan fingerprint density at radius 3 is 2.27 bits per heavy atom. The van der Waals surface area contributed by atoms with E-state index in [-0.39, 0.29) is 64.5 Å². The van der Waals surface area contributed by atoms with Crippen LogP contribution in [0.5, 0.6) is 5.75 Å². The van der Waals surface area contributed by atoms with Crippen molar-refractivity contribution < 1.29 is 32.7 Å². The molecular formula is C38H35F2N7O5. The number of aromatic nitrogens is 2. The molecule has 0 aliphatic carbocycles. The van der Waals surface area contributed by atoms with Gasteiger partial charge in [-0.15, -0.1) is 0 Å². The molecule has 2 saturated heterocycles. The highest BCUT2D eigenvalue weighted by Crippen LogP contribution is 2.41. The number of benzene rings is 3. The van der Waals surface area contributed by atoms with Crippen molar-refractivity contribution in [1.29, 1.82) is 5.26 Å². The van der Waals surface area contributed by atoms with Crippen LogP contribution in [-0.4, -0.2) is 82.5 Å². The molecular weight excluding hydrogens is 672 g/mol. The number of piperidine rings is 1. The lowest BCUT2D eigenvalue weighted by molar-refractivity contribution is -0.139. The second-order valence-electron chi connectivity index (χ2n) is 13.2. The number of anilines is 2. The number of carbonyl (C=O) groups is 4. The second kappa shape index (κ2) is 13.6. The average molecular weight is 708 g/mol. The normalized spacial score (nSPS) is 18.8. The van der Waals surface area contributed by atoms with E-state index >= 15 is 8.78 Å². The zero-order valence-electron chi connectivity index (χ0n) is 28.5. The maximum atomic E-state index is 15.5. The highest BCUT2D eigenvalue weighted by Gasteiger charge is 2.50. The monoisotopic (exact) mass is 707 g/mol. The smallest absolute Gasteiger partial charge is 0.298 e. The maximum absolute atomic E-state index is 15.5. The number of nitrogens with zero attached hydrogens (tertiary/aromatic N) is 6. The van der Waals surface area contributed by atoms with E-state index in [1.54, 1.807) is 28.0 Å². The highest BCUT2D eigenvalue weighted by atomic mass is 19.3. The minimum absolute atomic E-state index is 0.0357. The lowest BCUT2D eigenvalue weighted by Crippen LogP contribution is -2.51. The number of fused-ring (bicyclic) bond motifs is 3. The van der Waals surface area contributed by atoms with Gasteiger partial charge in [0.2, 0.25) is 11.8 Å². The number of nitrogens with one attached hydrogen (secondary N) is 1. The van der Waals surface area contributed by atoms with Crippen LogP contribution in [0.3, 0.4) is 0 Å². The molecule has 12 nitrogen and oxygen atoms in total. The number of alkyl halides is 2. The molecule has 1 N–H and O–H groups in total. The molecule has 0 radical (unpaired) electrons. The van der Waals surface area contributed by atoms with Crippen molar-refractivity contribution in [2.24, 2.45) is 5.92 Å². The molecule has 52 heavy (non-hydrogen) atoms. The zero-order valence-corrected chi connectivity index (χ0v) is 28.5. The third-order valence-electron chi connectivity index (χ3n) is 10.2. The van der Waals surface area contributed by atoms with Crippen LogP contribution in [-0.2, 0) is 15.5 Å².